The molecule has 0 amide bonds. The van der Waals surface area contributed by atoms with Crippen LogP contribution in [0.15, 0.2) is 4.52 Å². The second-order valence-electron chi connectivity index (χ2n) is 5.44. The zero-order valence-electron chi connectivity index (χ0n) is 10.8. The largest absolute Gasteiger partial charge is 0.367 e. The highest BCUT2D eigenvalue weighted by atomic mass is 16.5. The molecule has 1 atom stereocenters. The van der Waals surface area contributed by atoms with Gasteiger partial charge >= 0.3 is 0 Å². The molecule has 1 aromatic rings. The minimum Gasteiger partial charge on any atom is -0.367 e. The van der Waals surface area contributed by atoms with Crippen LogP contribution in [0.25, 0.3) is 0 Å². The van der Waals surface area contributed by atoms with Crippen LogP contribution in [0.2, 0.25) is 0 Å². The second-order valence-corrected chi connectivity index (χ2v) is 5.44. The molecule has 3 rings (SSSR count). The van der Waals surface area contributed by atoms with Crippen molar-refractivity contribution in [3.05, 3.63) is 11.7 Å². The SMILES string of the molecule is CN1CCOC(c2noc(C3(N)CCCC3)n2)C1. The third-order valence-corrected chi connectivity index (χ3v) is 3.92. The first-order valence-electron chi connectivity index (χ1n) is 6.60. The third-order valence-electron chi connectivity index (χ3n) is 3.92. The number of likely N-dealkylation sites (N-methyl/N-ethyl adjacent to an activating group) is 1. The molecule has 6 nitrogen and oxygen atoms in total. The van der Waals surface area contributed by atoms with Crippen LogP contribution in [0.1, 0.15) is 43.5 Å². The van der Waals surface area contributed by atoms with Crippen molar-refractivity contribution in [2.45, 2.75) is 37.3 Å². The lowest BCUT2D eigenvalue weighted by Crippen LogP contribution is -2.36. The van der Waals surface area contributed by atoms with Gasteiger partial charge in [-0.2, -0.15) is 4.98 Å². The van der Waals surface area contributed by atoms with E-state index in [1.54, 1.807) is 0 Å². The quantitative estimate of drug-likeness (QED) is 0.839. The highest BCUT2D eigenvalue weighted by molar-refractivity contribution is 5.06. The second kappa shape index (κ2) is 4.60. The predicted octanol–water partition coefficient (Wildman–Crippen LogP) is 0.801. The number of nitrogens with zero attached hydrogens (tertiary/aromatic N) is 3. The van der Waals surface area contributed by atoms with Crippen molar-refractivity contribution >= 4 is 0 Å². The van der Waals surface area contributed by atoms with Gasteiger partial charge in [0.2, 0.25) is 11.7 Å². The van der Waals surface area contributed by atoms with Gasteiger partial charge in [-0.05, 0) is 19.9 Å². The maximum atomic E-state index is 6.30. The maximum absolute atomic E-state index is 6.30. The summed E-state index contributed by atoms with van der Waals surface area (Å²) < 4.78 is 11.0. The molecule has 1 aliphatic heterocycles. The summed E-state index contributed by atoms with van der Waals surface area (Å²) in [5.74, 6) is 1.21. The number of hydrogen-bond donors (Lipinski definition) is 1. The first-order valence-corrected chi connectivity index (χ1v) is 6.60. The molecule has 1 saturated carbocycles. The molecule has 2 aliphatic rings. The Morgan fingerprint density at radius 3 is 2.89 bits per heavy atom. The monoisotopic (exact) mass is 252 g/mol. The standard InChI is InChI=1S/C12H20N4O2/c1-16-6-7-17-9(8-16)10-14-11(18-15-10)12(13)4-2-3-5-12/h9H,2-8,13H2,1H3. The van der Waals surface area contributed by atoms with E-state index in [1.807, 2.05) is 0 Å². The molecule has 18 heavy (non-hydrogen) atoms. The van der Waals surface area contributed by atoms with E-state index in [0.29, 0.717) is 18.3 Å². The van der Waals surface area contributed by atoms with Gasteiger partial charge in [-0.1, -0.05) is 18.0 Å². The average Bonchev–Trinajstić information content (AvgIpc) is 2.98. The molecule has 1 unspecified atom stereocenters. The summed E-state index contributed by atoms with van der Waals surface area (Å²) in [7, 11) is 2.07. The smallest absolute Gasteiger partial charge is 0.246 e. The minimum absolute atomic E-state index is 0.0914. The Labute approximate surface area is 106 Å². The normalized spacial score (nSPS) is 28.7. The fraction of sp³-hybridized carbons (Fsp3) is 0.833. The molecule has 6 heteroatoms. The summed E-state index contributed by atoms with van der Waals surface area (Å²) in [6.07, 6.45) is 4.04. The van der Waals surface area contributed by atoms with Gasteiger partial charge in [0.1, 0.15) is 6.10 Å². The van der Waals surface area contributed by atoms with Gasteiger partial charge < -0.3 is 19.9 Å². The number of rotatable bonds is 2. The van der Waals surface area contributed by atoms with Gasteiger partial charge in [-0.15, -0.1) is 0 Å². The first-order chi connectivity index (χ1) is 8.67. The van der Waals surface area contributed by atoms with E-state index in [2.05, 4.69) is 22.1 Å². The summed E-state index contributed by atoms with van der Waals surface area (Å²) in [6.45, 7) is 2.46. The minimum atomic E-state index is -0.411. The van der Waals surface area contributed by atoms with Crippen LogP contribution in [-0.4, -0.2) is 41.8 Å². The van der Waals surface area contributed by atoms with Crippen molar-refractivity contribution in [3.63, 3.8) is 0 Å². The lowest BCUT2D eigenvalue weighted by molar-refractivity contribution is -0.0264. The Morgan fingerprint density at radius 1 is 1.39 bits per heavy atom. The van der Waals surface area contributed by atoms with E-state index < -0.39 is 5.54 Å². The van der Waals surface area contributed by atoms with E-state index in [-0.39, 0.29) is 6.10 Å². The molecule has 2 N–H and O–H groups in total. The van der Waals surface area contributed by atoms with Gasteiger partial charge in [-0.25, -0.2) is 0 Å². The fourth-order valence-electron chi connectivity index (χ4n) is 2.72. The number of hydrogen-bond acceptors (Lipinski definition) is 6. The molecule has 100 valence electrons. The molecule has 2 heterocycles. The van der Waals surface area contributed by atoms with Crippen LogP contribution >= 0.6 is 0 Å². The third kappa shape index (κ3) is 2.15. The molecule has 0 radical (unpaired) electrons. The molecule has 1 aliphatic carbocycles. The fourth-order valence-corrected chi connectivity index (χ4v) is 2.72. The maximum Gasteiger partial charge on any atom is 0.246 e. The van der Waals surface area contributed by atoms with Gasteiger partial charge in [-0.3, -0.25) is 0 Å². The topological polar surface area (TPSA) is 77.4 Å². The van der Waals surface area contributed by atoms with Gasteiger partial charge in [0.25, 0.3) is 0 Å². The molecule has 0 aromatic carbocycles. The van der Waals surface area contributed by atoms with Gasteiger partial charge in [0, 0.05) is 13.1 Å². The number of aromatic nitrogens is 2. The lowest BCUT2D eigenvalue weighted by Gasteiger charge is -2.27. The van der Waals surface area contributed by atoms with Gasteiger partial charge in [0.05, 0.1) is 12.1 Å². The summed E-state index contributed by atoms with van der Waals surface area (Å²) >= 11 is 0. The van der Waals surface area contributed by atoms with E-state index in [1.165, 1.54) is 0 Å². The van der Waals surface area contributed by atoms with Crippen molar-refractivity contribution in [3.8, 4) is 0 Å². The Bertz CT molecular complexity index is 414. The molecule has 2 fully saturated rings. The number of ether oxygens (including phenoxy) is 1. The van der Waals surface area contributed by atoms with E-state index in [4.69, 9.17) is 15.0 Å². The summed E-state index contributed by atoms with van der Waals surface area (Å²) in [6, 6.07) is 0. The van der Waals surface area contributed by atoms with Crippen molar-refractivity contribution < 1.29 is 9.26 Å². The molecule has 0 bridgehead atoms. The Hall–Kier alpha value is -0.980. The predicted molar refractivity (Wildman–Crippen MR) is 64.8 cm³/mol. The summed E-state index contributed by atoms with van der Waals surface area (Å²) in [5.41, 5.74) is 5.89. The van der Waals surface area contributed by atoms with Crippen LogP contribution in [0.4, 0.5) is 0 Å². The number of nitrogens with two attached hydrogens (primary N) is 1. The van der Waals surface area contributed by atoms with Crippen LogP contribution in [0, 0.1) is 0 Å². The molecule has 1 aromatic heterocycles. The Balaban J connectivity index is 1.76. The van der Waals surface area contributed by atoms with Crippen molar-refractivity contribution in [1.82, 2.24) is 15.0 Å². The molecule has 0 spiro atoms. The van der Waals surface area contributed by atoms with E-state index in [9.17, 15) is 0 Å². The van der Waals surface area contributed by atoms with Crippen LogP contribution < -0.4 is 5.73 Å². The van der Waals surface area contributed by atoms with Gasteiger partial charge in [0.15, 0.2) is 0 Å². The number of morpholine rings is 1. The summed E-state index contributed by atoms with van der Waals surface area (Å²) in [4.78, 5) is 6.67. The zero-order valence-corrected chi connectivity index (χ0v) is 10.8. The van der Waals surface area contributed by atoms with E-state index in [0.717, 1.165) is 38.8 Å². The van der Waals surface area contributed by atoms with Crippen LogP contribution in [0.5, 0.6) is 0 Å². The van der Waals surface area contributed by atoms with Crippen molar-refractivity contribution in [1.29, 1.82) is 0 Å². The van der Waals surface area contributed by atoms with Crippen LogP contribution in [0.3, 0.4) is 0 Å². The Morgan fingerprint density at radius 2 is 2.17 bits per heavy atom. The van der Waals surface area contributed by atoms with Crippen molar-refractivity contribution in [2.75, 3.05) is 26.7 Å². The summed E-state index contributed by atoms with van der Waals surface area (Å²) in [5, 5.41) is 4.05. The zero-order chi connectivity index (χ0) is 12.6. The first kappa shape index (κ1) is 12.1. The average molecular weight is 252 g/mol. The highest BCUT2D eigenvalue weighted by Gasteiger charge is 2.37. The molecule has 1 saturated heterocycles. The Kier molecular flexibility index (Phi) is 3.09. The molecular formula is C12H20N4O2. The lowest BCUT2D eigenvalue weighted by atomic mass is 9.99. The highest BCUT2D eigenvalue weighted by Crippen LogP contribution is 2.35. The molecular weight excluding hydrogens is 232 g/mol. The van der Waals surface area contributed by atoms with Crippen molar-refractivity contribution in [2.24, 2.45) is 5.73 Å². The van der Waals surface area contributed by atoms with E-state index >= 15 is 0 Å². The van der Waals surface area contributed by atoms with Crippen LogP contribution in [-0.2, 0) is 10.3 Å².